The Kier molecular flexibility index (Phi) is 8.13. The number of rotatable bonds is 8. The lowest BCUT2D eigenvalue weighted by atomic mass is 10.1. The molecule has 4 aromatic rings. The van der Waals surface area contributed by atoms with Crippen LogP contribution < -0.4 is 21.3 Å². The molecule has 11 nitrogen and oxygen atoms in total. The maximum absolute atomic E-state index is 12.3. The van der Waals surface area contributed by atoms with Crippen LogP contribution in [-0.4, -0.2) is 89.5 Å². The number of benzene rings is 1. The van der Waals surface area contributed by atoms with Gasteiger partial charge in [-0.05, 0) is 63.6 Å². The van der Waals surface area contributed by atoms with Gasteiger partial charge in [0.1, 0.15) is 17.0 Å². The van der Waals surface area contributed by atoms with Crippen LogP contribution in [0.2, 0.25) is 0 Å². The van der Waals surface area contributed by atoms with Crippen molar-refractivity contribution in [2.45, 2.75) is 0 Å². The number of hydrogen-bond acceptors (Lipinski definition) is 10. The number of hydrogen-bond donors (Lipinski definition) is 3. The lowest BCUT2D eigenvalue weighted by Gasteiger charge is -2.34. The molecule has 0 bridgehead atoms. The Hall–Kier alpha value is -4.61. The van der Waals surface area contributed by atoms with Crippen LogP contribution in [0.5, 0.6) is 0 Å². The fourth-order valence-electron chi connectivity index (χ4n) is 4.46. The molecule has 0 saturated carbocycles. The van der Waals surface area contributed by atoms with Gasteiger partial charge in [-0.2, -0.15) is 4.98 Å². The van der Waals surface area contributed by atoms with Crippen molar-refractivity contribution in [3.05, 3.63) is 67.0 Å². The molecule has 4 heterocycles. The van der Waals surface area contributed by atoms with Gasteiger partial charge >= 0.3 is 0 Å². The number of carbonyl (C=O) groups excluding carboxylic acids is 1. The maximum atomic E-state index is 12.3. The number of nitrogens with two attached hydrogens (primary N) is 1. The highest BCUT2D eigenvalue weighted by atomic mass is 16.1. The van der Waals surface area contributed by atoms with Gasteiger partial charge in [0, 0.05) is 73.6 Å². The topological polar surface area (TPSA) is 128 Å². The molecule has 1 saturated heterocycles. The van der Waals surface area contributed by atoms with Gasteiger partial charge in [0.25, 0.3) is 0 Å². The molecule has 0 radical (unpaired) electrons. The summed E-state index contributed by atoms with van der Waals surface area (Å²) in [5.41, 5.74) is 10.6. The monoisotopic (exact) mass is 538 g/mol. The summed E-state index contributed by atoms with van der Waals surface area (Å²) in [6.45, 7) is 4.80. The molecule has 1 fully saturated rings. The summed E-state index contributed by atoms with van der Waals surface area (Å²) in [5, 5.41) is 6.81. The third-order valence-electron chi connectivity index (χ3n) is 6.65. The van der Waals surface area contributed by atoms with Crippen LogP contribution in [0, 0.1) is 0 Å². The van der Waals surface area contributed by atoms with Crippen LogP contribution in [0.4, 0.5) is 28.8 Å². The van der Waals surface area contributed by atoms with Gasteiger partial charge in [0.15, 0.2) is 0 Å². The number of nitrogens with zero attached hydrogens (tertiary/aromatic N) is 7. The number of piperazine rings is 1. The van der Waals surface area contributed by atoms with Crippen molar-refractivity contribution in [2.24, 2.45) is 0 Å². The van der Waals surface area contributed by atoms with Crippen LogP contribution in [0.3, 0.4) is 0 Å². The molecular formula is C29H34N10O. The van der Waals surface area contributed by atoms with E-state index in [-0.39, 0.29) is 5.91 Å². The molecule has 1 aromatic carbocycles. The van der Waals surface area contributed by atoms with Crippen LogP contribution in [0.15, 0.2) is 67.0 Å². The summed E-state index contributed by atoms with van der Waals surface area (Å²) >= 11 is 0. The molecule has 1 aliphatic heterocycles. The van der Waals surface area contributed by atoms with E-state index in [1.165, 1.54) is 11.8 Å². The first-order valence-corrected chi connectivity index (χ1v) is 13.2. The minimum absolute atomic E-state index is 0.221. The Labute approximate surface area is 233 Å². The Balaban J connectivity index is 1.37. The van der Waals surface area contributed by atoms with Crippen LogP contribution >= 0.6 is 0 Å². The van der Waals surface area contributed by atoms with Gasteiger partial charge < -0.3 is 31.1 Å². The molecule has 1 aliphatic rings. The average Bonchev–Trinajstić information content (AvgIpc) is 2.94. The summed E-state index contributed by atoms with van der Waals surface area (Å²) < 4.78 is 0. The minimum Gasteiger partial charge on any atom is -0.383 e. The van der Waals surface area contributed by atoms with Crippen LogP contribution in [0.25, 0.3) is 22.3 Å². The number of nitrogen functional groups attached to an aromatic ring is 1. The molecule has 0 unspecified atom stereocenters. The molecule has 3 aromatic heterocycles. The second kappa shape index (κ2) is 12.1. The Morgan fingerprint density at radius 2 is 1.75 bits per heavy atom. The highest BCUT2D eigenvalue weighted by molar-refractivity contribution is 6.00. The molecule has 40 heavy (non-hydrogen) atoms. The fourth-order valence-corrected chi connectivity index (χ4v) is 4.46. The zero-order chi connectivity index (χ0) is 28.1. The summed E-state index contributed by atoms with van der Waals surface area (Å²) in [4.78, 5) is 37.3. The van der Waals surface area contributed by atoms with E-state index in [1.54, 1.807) is 36.7 Å². The molecule has 4 N–H and O–H groups in total. The molecule has 11 heteroatoms. The second-order valence-electron chi connectivity index (χ2n) is 10.0. The van der Waals surface area contributed by atoms with Gasteiger partial charge in [0.2, 0.25) is 11.9 Å². The molecule has 5 rings (SSSR count). The van der Waals surface area contributed by atoms with Crippen molar-refractivity contribution in [3.8, 4) is 11.4 Å². The smallest absolute Gasteiger partial charge is 0.248 e. The second-order valence-corrected chi connectivity index (χ2v) is 10.0. The quantitative estimate of drug-likeness (QED) is 0.288. The number of likely N-dealkylation sites (N-methyl/N-ethyl adjacent to an activating group) is 2. The number of pyridine rings is 2. The van der Waals surface area contributed by atoms with E-state index in [4.69, 9.17) is 10.7 Å². The Bertz CT molecular complexity index is 1510. The third kappa shape index (κ3) is 6.50. The van der Waals surface area contributed by atoms with Gasteiger partial charge in [-0.25, -0.2) is 4.98 Å². The highest BCUT2D eigenvalue weighted by Gasteiger charge is 2.16. The molecule has 0 spiro atoms. The van der Waals surface area contributed by atoms with E-state index in [0.29, 0.717) is 46.3 Å². The predicted octanol–water partition coefficient (Wildman–Crippen LogP) is 3.22. The van der Waals surface area contributed by atoms with Gasteiger partial charge in [-0.3, -0.25) is 14.8 Å². The van der Waals surface area contributed by atoms with E-state index >= 15 is 0 Å². The Morgan fingerprint density at radius 1 is 1.00 bits per heavy atom. The lowest BCUT2D eigenvalue weighted by Crippen LogP contribution is -2.44. The number of fused-ring (bicyclic) bond motifs is 1. The molecule has 0 aliphatic carbocycles. The minimum atomic E-state index is -0.221. The number of anilines is 5. The van der Waals surface area contributed by atoms with Gasteiger partial charge in [-0.15, -0.1) is 0 Å². The van der Waals surface area contributed by atoms with Crippen molar-refractivity contribution >= 4 is 45.6 Å². The summed E-state index contributed by atoms with van der Waals surface area (Å²) in [7, 11) is 6.03. The van der Waals surface area contributed by atoms with Gasteiger partial charge in [-0.1, -0.05) is 6.08 Å². The third-order valence-corrected chi connectivity index (χ3v) is 6.65. The largest absolute Gasteiger partial charge is 0.383 e. The van der Waals surface area contributed by atoms with Crippen molar-refractivity contribution < 1.29 is 4.79 Å². The van der Waals surface area contributed by atoms with Crippen molar-refractivity contribution in [2.75, 3.05) is 75.1 Å². The summed E-state index contributed by atoms with van der Waals surface area (Å²) in [5.74, 6) is 0.476. The summed E-state index contributed by atoms with van der Waals surface area (Å²) in [6.07, 6.45) is 6.59. The van der Waals surface area contributed by atoms with Crippen molar-refractivity contribution in [3.63, 3.8) is 0 Å². The summed E-state index contributed by atoms with van der Waals surface area (Å²) in [6, 6.07) is 13.5. The zero-order valence-electron chi connectivity index (χ0n) is 23.0. The van der Waals surface area contributed by atoms with Gasteiger partial charge in [0.05, 0.1) is 5.69 Å². The SMILES string of the molecule is CN(C)C/C=C/C(=O)Nc1ccnc(-c2nccc3c(N)nc(Nc4ccc(N5CCN(C)CC5)cc4)nc23)c1. The number of amides is 1. The maximum Gasteiger partial charge on any atom is 0.248 e. The first-order valence-electron chi connectivity index (χ1n) is 13.2. The highest BCUT2D eigenvalue weighted by Crippen LogP contribution is 2.29. The van der Waals surface area contributed by atoms with Crippen LogP contribution in [-0.2, 0) is 4.79 Å². The van der Waals surface area contributed by atoms with E-state index in [2.05, 4.69) is 54.6 Å². The number of aromatic nitrogens is 4. The van der Waals surface area contributed by atoms with Crippen molar-refractivity contribution in [1.29, 1.82) is 0 Å². The van der Waals surface area contributed by atoms with E-state index in [1.807, 2.05) is 31.1 Å². The number of carbonyl (C=O) groups is 1. The molecule has 0 atom stereocenters. The first-order chi connectivity index (χ1) is 19.4. The number of nitrogens with one attached hydrogen (secondary N) is 2. The predicted molar refractivity (Wildman–Crippen MR) is 161 cm³/mol. The van der Waals surface area contributed by atoms with E-state index in [0.717, 1.165) is 31.9 Å². The first kappa shape index (κ1) is 27.0. The van der Waals surface area contributed by atoms with Crippen LogP contribution in [0.1, 0.15) is 0 Å². The fraction of sp³-hybridized carbons (Fsp3) is 0.276. The molecular weight excluding hydrogens is 504 g/mol. The molecule has 1 amide bonds. The normalized spacial score (nSPS) is 14.2. The average molecular weight is 539 g/mol. The zero-order valence-corrected chi connectivity index (χ0v) is 23.0. The molecule has 206 valence electrons. The van der Waals surface area contributed by atoms with E-state index < -0.39 is 0 Å². The Morgan fingerprint density at radius 3 is 2.50 bits per heavy atom. The van der Waals surface area contributed by atoms with Crippen molar-refractivity contribution in [1.82, 2.24) is 29.7 Å². The lowest BCUT2D eigenvalue weighted by molar-refractivity contribution is -0.111. The van der Waals surface area contributed by atoms with E-state index in [9.17, 15) is 4.79 Å². The standard InChI is InChI=1S/C29H34N10O/c1-37(2)14-4-5-25(40)33-21-10-12-31-24(19-21)27-26-23(11-13-32-27)28(30)36-29(35-26)34-20-6-8-22(9-7-20)39-17-15-38(3)16-18-39/h4-13,19H,14-18H2,1-3H3,(H,31,33,40)(H3,30,34,35,36)/b5-4+.